The Labute approximate surface area is 186 Å². The molecule has 0 bridgehead atoms. The number of hydrogen-bond donors (Lipinski definition) is 1. The molecule has 2 aliphatic rings. The third kappa shape index (κ3) is 4.66. The number of hydrogen-bond acceptors (Lipinski definition) is 5. The van der Waals surface area contributed by atoms with Crippen LogP contribution in [0.25, 0.3) is 0 Å². The van der Waals surface area contributed by atoms with E-state index in [1.54, 1.807) is 20.3 Å². The van der Waals surface area contributed by atoms with Crippen LogP contribution in [0.5, 0.6) is 11.5 Å². The molecule has 3 amide bonds. The average Bonchev–Trinajstić information content (AvgIpc) is 3.01. The molecule has 1 N–H and O–H groups in total. The lowest BCUT2D eigenvalue weighted by atomic mass is 9.78. The lowest BCUT2D eigenvalue weighted by Gasteiger charge is -2.39. The summed E-state index contributed by atoms with van der Waals surface area (Å²) in [6, 6.07) is 5.16. The van der Waals surface area contributed by atoms with E-state index in [4.69, 9.17) is 9.47 Å². The number of piperidine rings is 1. The number of methoxy groups -OCH3 is 2. The van der Waals surface area contributed by atoms with Gasteiger partial charge in [-0.15, -0.1) is 0 Å². The third-order valence-corrected chi connectivity index (χ3v) is 7.19. The fourth-order valence-corrected chi connectivity index (χ4v) is 4.99. The standard InChI is InChI=1S/C24H37N3O4/c1-6-17(7-2)15-26-13-11-19(12-14-26)24(3)22(28)27(23(29)25-24)16-18-9-8-10-20(30-4)21(18)31-5/h8-10,17,19H,6-7,11-16H2,1-5H3,(H,25,29). The monoisotopic (exact) mass is 431 g/mol. The summed E-state index contributed by atoms with van der Waals surface area (Å²) in [4.78, 5) is 30.0. The fourth-order valence-electron chi connectivity index (χ4n) is 4.99. The van der Waals surface area contributed by atoms with Gasteiger partial charge in [-0.2, -0.15) is 0 Å². The number of nitrogens with one attached hydrogen (secondary N) is 1. The molecular weight excluding hydrogens is 394 g/mol. The van der Waals surface area contributed by atoms with Crippen LogP contribution in [0.4, 0.5) is 4.79 Å². The van der Waals surface area contributed by atoms with Crippen molar-refractivity contribution < 1.29 is 19.1 Å². The Morgan fingerprint density at radius 3 is 2.39 bits per heavy atom. The molecule has 7 nitrogen and oxygen atoms in total. The van der Waals surface area contributed by atoms with Crippen LogP contribution < -0.4 is 14.8 Å². The Hall–Kier alpha value is -2.28. The number of likely N-dealkylation sites (tertiary alicyclic amines) is 1. The minimum absolute atomic E-state index is 0.138. The molecule has 172 valence electrons. The van der Waals surface area contributed by atoms with E-state index in [2.05, 4.69) is 24.1 Å². The molecule has 2 heterocycles. The number of carbonyl (C=O) groups is 2. The molecule has 0 aliphatic carbocycles. The molecule has 1 unspecified atom stereocenters. The normalized spacial score (nSPS) is 22.8. The minimum Gasteiger partial charge on any atom is -0.493 e. The molecule has 1 aromatic rings. The van der Waals surface area contributed by atoms with E-state index in [9.17, 15) is 9.59 Å². The first kappa shape index (κ1) is 23.4. The van der Waals surface area contributed by atoms with Crippen molar-refractivity contribution in [3.8, 4) is 11.5 Å². The summed E-state index contributed by atoms with van der Waals surface area (Å²) in [6.07, 6.45) is 4.23. The average molecular weight is 432 g/mol. The highest BCUT2D eigenvalue weighted by molar-refractivity contribution is 6.07. The second-order valence-corrected chi connectivity index (χ2v) is 8.93. The molecule has 0 spiro atoms. The Kier molecular flexibility index (Phi) is 7.46. The summed E-state index contributed by atoms with van der Waals surface area (Å²) in [5.41, 5.74) is -0.112. The van der Waals surface area contributed by atoms with Crippen molar-refractivity contribution in [3.63, 3.8) is 0 Å². The Bertz CT molecular complexity index is 787. The zero-order valence-electron chi connectivity index (χ0n) is 19.6. The van der Waals surface area contributed by atoms with E-state index >= 15 is 0 Å². The van der Waals surface area contributed by atoms with Gasteiger partial charge in [0.1, 0.15) is 5.54 Å². The highest BCUT2D eigenvalue weighted by Crippen LogP contribution is 2.36. The number of carbonyl (C=O) groups excluding carboxylic acids is 2. The highest BCUT2D eigenvalue weighted by Gasteiger charge is 2.52. The van der Waals surface area contributed by atoms with E-state index in [1.165, 1.54) is 17.7 Å². The van der Waals surface area contributed by atoms with Gasteiger partial charge in [-0.05, 0) is 50.8 Å². The Balaban J connectivity index is 1.69. The molecule has 31 heavy (non-hydrogen) atoms. The number of nitrogens with zero attached hydrogens (tertiary/aromatic N) is 2. The quantitative estimate of drug-likeness (QED) is 0.604. The number of para-hydroxylation sites is 1. The topological polar surface area (TPSA) is 71.1 Å². The summed E-state index contributed by atoms with van der Waals surface area (Å²) in [6.45, 7) is 9.62. The number of urea groups is 1. The summed E-state index contributed by atoms with van der Waals surface area (Å²) >= 11 is 0. The van der Waals surface area contributed by atoms with E-state index in [-0.39, 0.29) is 24.4 Å². The lowest BCUT2D eigenvalue weighted by Crippen LogP contribution is -2.54. The van der Waals surface area contributed by atoms with E-state index in [0.29, 0.717) is 11.5 Å². The summed E-state index contributed by atoms with van der Waals surface area (Å²) in [5.74, 6) is 1.85. The molecule has 3 rings (SSSR count). The van der Waals surface area contributed by atoms with Crippen LogP contribution in [0.15, 0.2) is 18.2 Å². The Morgan fingerprint density at radius 1 is 1.13 bits per heavy atom. The number of imide groups is 1. The predicted octanol–water partition coefficient (Wildman–Crippen LogP) is 3.66. The van der Waals surface area contributed by atoms with Crippen LogP contribution in [0.2, 0.25) is 0 Å². The second-order valence-electron chi connectivity index (χ2n) is 8.93. The molecule has 0 saturated carbocycles. The van der Waals surface area contributed by atoms with E-state index < -0.39 is 5.54 Å². The van der Waals surface area contributed by atoms with Gasteiger partial charge in [0.15, 0.2) is 11.5 Å². The zero-order valence-corrected chi connectivity index (χ0v) is 19.6. The zero-order chi connectivity index (χ0) is 22.6. The van der Waals surface area contributed by atoms with Gasteiger partial charge < -0.3 is 19.7 Å². The maximum absolute atomic E-state index is 13.4. The first-order chi connectivity index (χ1) is 14.9. The van der Waals surface area contributed by atoms with Crippen LogP contribution in [-0.2, 0) is 11.3 Å². The van der Waals surface area contributed by atoms with E-state index in [1.807, 2.05) is 19.1 Å². The van der Waals surface area contributed by atoms with Crippen molar-refractivity contribution >= 4 is 11.9 Å². The van der Waals surface area contributed by atoms with Crippen molar-refractivity contribution in [2.24, 2.45) is 11.8 Å². The number of benzene rings is 1. The molecule has 0 aromatic heterocycles. The predicted molar refractivity (Wildman–Crippen MR) is 120 cm³/mol. The maximum atomic E-state index is 13.4. The molecule has 2 aliphatic heterocycles. The first-order valence-electron chi connectivity index (χ1n) is 11.4. The fraction of sp³-hybridized carbons (Fsp3) is 0.667. The van der Waals surface area contributed by atoms with Crippen molar-refractivity contribution in [1.29, 1.82) is 0 Å². The molecule has 1 aromatic carbocycles. The van der Waals surface area contributed by atoms with Gasteiger partial charge in [-0.1, -0.05) is 38.8 Å². The van der Waals surface area contributed by atoms with Gasteiger partial charge in [0, 0.05) is 12.1 Å². The van der Waals surface area contributed by atoms with Crippen LogP contribution in [0, 0.1) is 11.8 Å². The van der Waals surface area contributed by atoms with Crippen LogP contribution >= 0.6 is 0 Å². The summed E-state index contributed by atoms with van der Waals surface area (Å²) in [7, 11) is 3.13. The van der Waals surface area contributed by atoms with Crippen LogP contribution in [-0.4, -0.2) is 61.1 Å². The number of ether oxygens (including phenoxy) is 2. The molecular formula is C24H37N3O4. The smallest absolute Gasteiger partial charge is 0.325 e. The van der Waals surface area contributed by atoms with E-state index in [0.717, 1.165) is 44.0 Å². The molecule has 2 saturated heterocycles. The summed E-state index contributed by atoms with van der Waals surface area (Å²) < 4.78 is 10.8. The lowest BCUT2D eigenvalue weighted by molar-refractivity contribution is -0.133. The van der Waals surface area contributed by atoms with Gasteiger partial charge in [-0.25, -0.2) is 4.79 Å². The first-order valence-corrected chi connectivity index (χ1v) is 11.4. The minimum atomic E-state index is -0.857. The molecule has 2 fully saturated rings. The second kappa shape index (κ2) is 9.90. The van der Waals surface area contributed by atoms with Gasteiger partial charge in [0.25, 0.3) is 5.91 Å². The van der Waals surface area contributed by atoms with Crippen molar-refractivity contribution in [2.45, 2.75) is 58.5 Å². The van der Waals surface area contributed by atoms with Crippen molar-refractivity contribution in [1.82, 2.24) is 15.1 Å². The largest absolute Gasteiger partial charge is 0.493 e. The maximum Gasteiger partial charge on any atom is 0.325 e. The van der Waals surface area contributed by atoms with Crippen LogP contribution in [0.1, 0.15) is 52.0 Å². The molecule has 7 heteroatoms. The molecule has 0 radical (unpaired) electrons. The van der Waals surface area contributed by atoms with Gasteiger partial charge in [-0.3, -0.25) is 9.69 Å². The van der Waals surface area contributed by atoms with Crippen LogP contribution in [0.3, 0.4) is 0 Å². The third-order valence-electron chi connectivity index (χ3n) is 7.19. The van der Waals surface area contributed by atoms with Gasteiger partial charge in [0.2, 0.25) is 0 Å². The highest BCUT2D eigenvalue weighted by atomic mass is 16.5. The van der Waals surface area contributed by atoms with Crippen molar-refractivity contribution in [2.75, 3.05) is 33.9 Å². The Morgan fingerprint density at radius 2 is 1.81 bits per heavy atom. The van der Waals surface area contributed by atoms with Gasteiger partial charge in [0.05, 0.1) is 20.8 Å². The number of rotatable bonds is 9. The number of amides is 3. The summed E-state index contributed by atoms with van der Waals surface area (Å²) in [5, 5.41) is 3.01. The molecule has 1 atom stereocenters. The van der Waals surface area contributed by atoms with Crippen molar-refractivity contribution in [3.05, 3.63) is 23.8 Å². The van der Waals surface area contributed by atoms with Gasteiger partial charge >= 0.3 is 6.03 Å². The SMILES string of the molecule is CCC(CC)CN1CCC(C2(C)NC(=O)N(Cc3cccc(OC)c3OC)C2=O)CC1.